The van der Waals surface area contributed by atoms with Crippen molar-refractivity contribution in [2.45, 2.75) is 52.7 Å². The Morgan fingerprint density at radius 2 is 1.65 bits per heavy atom. The molecule has 1 aromatic rings. The summed E-state index contributed by atoms with van der Waals surface area (Å²) in [5.74, 6) is 0.515. The van der Waals surface area contributed by atoms with E-state index in [2.05, 4.69) is 4.36 Å². The average molecular weight is 341 g/mol. The second kappa shape index (κ2) is 6.18. The molecule has 2 rings (SSSR count). The summed E-state index contributed by atoms with van der Waals surface area (Å²) in [7, 11) is -3.09. The van der Waals surface area contributed by atoms with Gasteiger partial charge in [0.2, 0.25) is 0 Å². The second-order valence-electron chi connectivity index (χ2n) is 6.74. The minimum atomic E-state index is -2.30. The Labute approximate surface area is 139 Å². The first-order valence-electron chi connectivity index (χ1n) is 7.91. The molecule has 4 nitrogen and oxygen atoms in total. The van der Waals surface area contributed by atoms with Gasteiger partial charge in [-0.05, 0) is 45.9 Å². The largest absolute Gasteiger partial charge is 0.497 e. The van der Waals surface area contributed by atoms with Crippen LogP contribution in [0, 0.1) is 5.82 Å². The van der Waals surface area contributed by atoms with E-state index in [1.165, 1.54) is 12.1 Å². The zero-order valence-electron chi connectivity index (χ0n) is 14.7. The summed E-state index contributed by atoms with van der Waals surface area (Å²) in [6.45, 7) is 11.3. The van der Waals surface area contributed by atoms with Crippen molar-refractivity contribution >= 4 is 28.0 Å². The highest BCUT2D eigenvalue weighted by Crippen LogP contribution is 2.36. The molecule has 0 atom stereocenters. The Kier molecular flexibility index (Phi) is 4.95. The molecule has 128 valence electrons. The smallest absolute Gasteiger partial charge is 0.399 e. The lowest BCUT2D eigenvalue weighted by molar-refractivity contribution is 0.00578. The van der Waals surface area contributed by atoms with Crippen LogP contribution in [0.1, 0.15) is 41.5 Å². The fraction of sp³-hybridized carbons (Fsp3) is 0.625. The molecule has 0 unspecified atom stereocenters. The first-order valence-corrected chi connectivity index (χ1v) is 9.76. The van der Waals surface area contributed by atoms with E-state index in [4.69, 9.17) is 9.31 Å². The molecule has 0 radical (unpaired) electrons. The molecule has 0 spiro atoms. The Balaban J connectivity index is 2.43. The lowest BCUT2D eigenvalue weighted by Crippen LogP contribution is -2.41. The highest BCUT2D eigenvalue weighted by Gasteiger charge is 2.52. The van der Waals surface area contributed by atoms with Gasteiger partial charge in [0, 0.05) is 17.0 Å². The van der Waals surface area contributed by atoms with Crippen molar-refractivity contribution in [2.75, 3.05) is 11.5 Å². The molecule has 1 aliphatic rings. The molecule has 1 heterocycles. The van der Waals surface area contributed by atoms with E-state index in [-0.39, 0.29) is 0 Å². The van der Waals surface area contributed by atoms with Crippen molar-refractivity contribution < 1.29 is 17.9 Å². The summed E-state index contributed by atoms with van der Waals surface area (Å²) in [6.07, 6.45) is 0. The molecule has 1 aliphatic heterocycles. The van der Waals surface area contributed by atoms with Gasteiger partial charge in [-0.25, -0.2) is 8.60 Å². The van der Waals surface area contributed by atoms with Gasteiger partial charge in [-0.3, -0.25) is 0 Å². The number of rotatable bonds is 4. The van der Waals surface area contributed by atoms with Crippen LogP contribution in [0.4, 0.5) is 10.1 Å². The third kappa shape index (κ3) is 3.62. The minimum Gasteiger partial charge on any atom is -0.399 e. The number of nitrogens with zero attached hydrogens (tertiary/aromatic N) is 1. The molecule has 0 amide bonds. The molecule has 0 aliphatic carbocycles. The molecular formula is C16H25BFNO3S. The van der Waals surface area contributed by atoms with Gasteiger partial charge < -0.3 is 9.31 Å². The van der Waals surface area contributed by atoms with Crippen molar-refractivity contribution in [1.82, 2.24) is 0 Å². The van der Waals surface area contributed by atoms with Crippen LogP contribution in [0.15, 0.2) is 22.6 Å². The summed E-state index contributed by atoms with van der Waals surface area (Å²) in [6, 6.07) is 4.43. The normalized spacial score (nSPS) is 19.9. The van der Waals surface area contributed by atoms with Crippen LogP contribution in [0.5, 0.6) is 0 Å². The van der Waals surface area contributed by atoms with Gasteiger partial charge in [0.25, 0.3) is 0 Å². The van der Waals surface area contributed by atoms with Gasteiger partial charge in [-0.1, -0.05) is 13.8 Å². The van der Waals surface area contributed by atoms with E-state index in [1.807, 2.05) is 41.5 Å². The van der Waals surface area contributed by atoms with E-state index in [0.29, 0.717) is 22.7 Å². The fourth-order valence-electron chi connectivity index (χ4n) is 2.26. The van der Waals surface area contributed by atoms with Gasteiger partial charge >= 0.3 is 7.12 Å². The summed E-state index contributed by atoms with van der Waals surface area (Å²) < 4.78 is 42.9. The maximum Gasteiger partial charge on any atom is 0.497 e. The zero-order chi connectivity index (χ0) is 17.5. The Bertz CT molecular complexity index is 685. The van der Waals surface area contributed by atoms with E-state index >= 15 is 0 Å². The summed E-state index contributed by atoms with van der Waals surface area (Å²) in [5, 5.41) is 0. The molecule has 1 saturated heterocycles. The number of benzene rings is 1. The van der Waals surface area contributed by atoms with Gasteiger partial charge in [-0.15, -0.1) is 0 Å². The SMILES string of the molecule is CCS(=O)(CC)=Nc1ccc(F)c(B2OC(C)(C)C(C)(C)O2)c1. The van der Waals surface area contributed by atoms with Crippen LogP contribution >= 0.6 is 0 Å². The number of halogens is 1. The zero-order valence-corrected chi connectivity index (χ0v) is 15.5. The van der Waals surface area contributed by atoms with Crippen molar-refractivity contribution in [3.8, 4) is 0 Å². The van der Waals surface area contributed by atoms with Gasteiger partial charge in [-0.2, -0.15) is 4.36 Å². The maximum absolute atomic E-state index is 14.2. The molecule has 7 heteroatoms. The molecule has 1 aromatic carbocycles. The monoisotopic (exact) mass is 341 g/mol. The van der Waals surface area contributed by atoms with E-state index in [0.717, 1.165) is 0 Å². The lowest BCUT2D eigenvalue weighted by Gasteiger charge is -2.32. The van der Waals surface area contributed by atoms with Crippen molar-refractivity contribution in [3.05, 3.63) is 24.0 Å². The van der Waals surface area contributed by atoms with Crippen LogP contribution in [0.3, 0.4) is 0 Å². The highest BCUT2D eigenvalue weighted by molar-refractivity contribution is 7.93. The number of hydrogen-bond donors (Lipinski definition) is 0. The van der Waals surface area contributed by atoms with Crippen LogP contribution in [-0.2, 0) is 19.0 Å². The summed E-state index contributed by atoms with van der Waals surface area (Å²) in [4.78, 5) is 0. The first-order chi connectivity index (χ1) is 10.5. The third-order valence-electron chi connectivity index (χ3n) is 4.66. The van der Waals surface area contributed by atoms with Crippen molar-refractivity contribution in [1.29, 1.82) is 0 Å². The van der Waals surface area contributed by atoms with Crippen LogP contribution in [-0.4, -0.2) is 34.0 Å². The molecule has 0 bridgehead atoms. The molecule has 0 aromatic heterocycles. The average Bonchev–Trinajstić information content (AvgIpc) is 2.69. The predicted molar refractivity (Wildman–Crippen MR) is 93.4 cm³/mol. The van der Waals surface area contributed by atoms with Crippen LogP contribution < -0.4 is 5.46 Å². The predicted octanol–water partition coefficient (Wildman–Crippen LogP) is 3.26. The maximum atomic E-state index is 14.2. The minimum absolute atomic E-state index is 0.291. The van der Waals surface area contributed by atoms with Crippen molar-refractivity contribution in [2.24, 2.45) is 4.36 Å². The summed E-state index contributed by atoms with van der Waals surface area (Å²) >= 11 is 0. The fourth-order valence-corrected chi connectivity index (χ4v) is 3.43. The van der Waals surface area contributed by atoms with Gasteiger partial charge in [0.15, 0.2) is 0 Å². The topological polar surface area (TPSA) is 47.9 Å². The van der Waals surface area contributed by atoms with E-state index in [1.54, 1.807) is 6.07 Å². The van der Waals surface area contributed by atoms with E-state index in [9.17, 15) is 8.60 Å². The van der Waals surface area contributed by atoms with E-state index < -0.39 is 33.9 Å². The molecule has 0 saturated carbocycles. The third-order valence-corrected chi connectivity index (χ3v) is 7.01. The number of hydrogen-bond acceptors (Lipinski definition) is 4. The Hall–Kier alpha value is -0.915. The van der Waals surface area contributed by atoms with Gasteiger partial charge in [0.1, 0.15) is 5.82 Å². The van der Waals surface area contributed by atoms with Crippen molar-refractivity contribution in [3.63, 3.8) is 0 Å². The second-order valence-corrected chi connectivity index (χ2v) is 9.62. The molecule has 1 fully saturated rings. The standard InChI is InChI=1S/C16H25BFNO3S/c1-7-23(20,8-2)19-12-9-10-14(18)13(11-12)17-21-15(3,4)16(5,6)22-17/h9-11H,7-8H2,1-6H3. The van der Waals surface area contributed by atoms with Crippen LogP contribution in [0.2, 0.25) is 0 Å². The van der Waals surface area contributed by atoms with Gasteiger partial charge in [0.05, 0.1) is 26.6 Å². The molecule has 23 heavy (non-hydrogen) atoms. The Morgan fingerprint density at radius 3 is 2.13 bits per heavy atom. The Morgan fingerprint density at radius 1 is 1.13 bits per heavy atom. The van der Waals surface area contributed by atoms with Crippen LogP contribution in [0.25, 0.3) is 0 Å². The first kappa shape index (κ1) is 18.4. The lowest BCUT2D eigenvalue weighted by atomic mass is 9.78. The summed E-state index contributed by atoms with van der Waals surface area (Å²) in [5.41, 5.74) is -0.307. The highest BCUT2D eigenvalue weighted by atomic mass is 32.2. The quantitative estimate of drug-likeness (QED) is 0.790. The molecular weight excluding hydrogens is 316 g/mol. The molecule has 0 N–H and O–H groups in total.